The summed E-state index contributed by atoms with van der Waals surface area (Å²) in [4.78, 5) is 31.7. The maximum Gasteiger partial charge on any atom is 0.267 e. The number of aryl methyl sites for hydroxylation is 1. The quantitative estimate of drug-likeness (QED) is 0.629. The normalized spacial score (nSPS) is 15.4. The summed E-state index contributed by atoms with van der Waals surface area (Å²) in [5.74, 6) is -1.81. The van der Waals surface area contributed by atoms with Gasteiger partial charge in [0, 0.05) is 23.4 Å². The molecule has 1 atom stereocenters. The number of anilines is 2. The minimum absolute atomic E-state index is 0.0614. The number of halogens is 2. The maximum absolute atomic E-state index is 13.5. The summed E-state index contributed by atoms with van der Waals surface area (Å²) in [6, 6.07) is 10.7. The number of nitrogens with one attached hydrogen (secondary N) is 1. The van der Waals surface area contributed by atoms with Gasteiger partial charge in [-0.1, -0.05) is 12.1 Å². The lowest BCUT2D eigenvalue weighted by Crippen LogP contribution is -2.45. The number of carbonyl (C=O) groups excluding carboxylic acids is 2. The fourth-order valence-corrected chi connectivity index (χ4v) is 4.20. The first-order valence-electron chi connectivity index (χ1n) is 9.63. The molecule has 0 fully saturated rings. The predicted octanol–water partition coefficient (Wildman–Crippen LogP) is 4.54. The molecule has 0 spiro atoms. The third-order valence-electron chi connectivity index (χ3n) is 4.87. The fourth-order valence-electron chi connectivity index (χ4n) is 3.35. The Hall–Kier alpha value is -3.33. The molecule has 0 saturated carbocycles. The molecule has 1 aliphatic heterocycles. The number of nitrogens with zero attached hydrogens (tertiary/aromatic N) is 2. The SMILES string of the molecule is Cc1sc(NC(=O)CCN2C(=O)[C@H](C)Oc3ccccc32)nc1-c1ccc(F)c(F)c1. The first-order chi connectivity index (χ1) is 14.8. The van der Waals surface area contributed by atoms with E-state index in [0.29, 0.717) is 27.8 Å². The van der Waals surface area contributed by atoms with Crippen molar-refractivity contribution in [1.29, 1.82) is 0 Å². The number of para-hydroxylation sites is 2. The van der Waals surface area contributed by atoms with E-state index < -0.39 is 17.7 Å². The molecule has 2 aromatic carbocycles. The molecule has 0 aliphatic carbocycles. The van der Waals surface area contributed by atoms with Gasteiger partial charge in [-0.3, -0.25) is 9.59 Å². The molecule has 1 aromatic heterocycles. The second kappa shape index (κ2) is 8.43. The fraction of sp³-hybridized carbons (Fsp3) is 0.227. The number of rotatable bonds is 5. The number of hydrogen-bond acceptors (Lipinski definition) is 5. The largest absolute Gasteiger partial charge is 0.479 e. The zero-order valence-electron chi connectivity index (χ0n) is 16.8. The summed E-state index contributed by atoms with van der Waals surface area (Å²) in [6.07, 6.45) is -0.565. The summed E-state index contributed by atoms with van der Waals surface area (Å²) >= 11 is 1.24. The van der Waals surface area contributed by atoms with Crippen LogP contribution in [0, 0.1) is 18.6 Å². The number of ether oxygens (including phenoxy) is 1. The van der Waals surface area contributed by atoms with Crippen molar-refractivity contribution in [3.63, 3.8) is 0 Å². The van der Waals surface area contributed by atoms with Crippen LogP contribution in [0.15, 0.2) is 42.5 Å². The van der Waals surface area contributed by atoms with E-state index in [9.17, 15) is 18.4 Å². The average Bonchev–Trinajstić information content (AvgIpc) is 3.10. The van der Waals surface area contributed by atoms with E-state index in [4.69, 9.17) is 4.74 Å². The molecule has 1 aliphatic rings. The van der Waals surface area contributed by atoms with Crippen LogP contribution in [0.25, 0.3) is 11.3 Å². The molecular weight excluding hydrogens is 424 g/mol. The van der Waals surface area contributed by atoms with Gasteiger partial charge < -0.3 is 15.0 Å². The van der Waals surface area contributed by atoms with Crippen molar-refractivity contribution in [2.24, 2.45) is 0 Å². The van der Waals surface area contributed by atoms with Crippen LogP contribution in [-0.4, -0.2) is 29.4 Å². The van der Waals surface area contributed by atoms with Crippen molar-refractivity contribution in [2.45, 2.75) is 26.4 Å². The monoisotopic (exact) mass is 443 g/mol. The van der Waals surface area contributed by atoms with Gasteiger partial charge in [0.15, 0.2) is 22.9 Å². The third kappa shape index (κ3) is 4.27. The minimum atomic E-state index is -0.958. The summed E-state index contributed by atoms with van der Waals surface area (Å²) in [6.45, 7) is 3.65. The van der Waals surface area contributed by atoms with E-state index in [1.54, 1.807) is 36.9 Å². The highest BCUT2D eigenvalue weighted by Gasteiger charge is 2.31. The van der Waals surface area contributed by atoms with E-state index in [-0.39, 0.29) is 24.8 Å². The number of hydrogen-bond donors (Lipinski definition) is 1. The summed E-state index contributed by atoms with van der Waals surface area (Å²) in [5, 5.41) is 3.07. The van der Waals surface area contributed by atoms with Crippen molar-refractivity contribution >= 4 is 34.0 Å². The van der Waals surface area contributed by atoms with Crippen LogP contribution in [0.3, 0.4) is 0 Å². The van der Waals surface area contributed by atoms with Gasteiger partial charge in [0.25, 0.3) is 5.91 Å². The number of carbonyl (C=O) groups is 2. The first-order valence-corrected chi connectivity index (χ1v) is 10.4. The Morgan fingerprint density at radius 1 is 1.23 bits per heavy atom. The Morgan fingerprint density at radius 2 is 2.00 bits per heavy atom. The van der Waals surface area contributed by atoms with Crippen molar-refractivity contribution in [2.75, 3.05) is 16.8 Å². The van der Waals surface area contributed by atoms with Crippen molar-refractivity contribution in [3.05, 3.63) is 59.0 Å². The van der Waals surface area contributed by atoms with Crippen LogP contribution in [-0.2, 0) is 9.59 Å². The van der Waals surface area contributed by atoms with E-state index in [0.717, 1.165) is 17.0 Å². The molecule has 0 saturated heterocycles. The second-order valence-corrected chi connectivity index (χ2v) is 8.27. The lowest BCUT2D eigenvalue weighted by atomic mass is 10.1. The molecule has 0 bridgehead atoms. The van der Waals surface area contributed by atoms with E-state index in [1.807, 2.05) is 6.07 Å². The molecule has 160 valence electrons. The highest BCUT2D eigenvalue weighted by Crippen LogP contribution is 2.34. The minimum Gasteiger partial charge on any atom is -0.479 e. The smallest absolute Gasteiger partial charge is 0.267 e. The summed E-state index contributed by atoms with van der Waals surface area (Å²) in [5.41, 5.74) is 1.53. The zero-order valence-corrected chi connectivity index (χ0v) is 17.6. The highest BCUT2D eigenvalue weighted by molar-refractivity contribution is 7.16. The van der Waals surface area contributed by atoms with E-state index in [2.05, 4.69) is 10.3 Å². The molecule has 0 unspecified atom stereocenters. The van der Waals surface area contributed by atoms with E-state index in [1.165, 1.54) is 17.4 Å². The molecule has 1 N–H and O–H groups in total. The second-order valence-electron chi connectivity index (χ2n) is 7.07. The molecule has 0 radical (unpaired) electrons. The molecule has 6 nitrogen and oxygen atoms in total. The lowest BCUT2D eigenvalue weighted by Gasteiger charge is -2.32. The molecule has 2 amide bonds. The van der Waals surface area contributed by atoms with Crippen LogP contribution >= 0.6 is 11.3 Å². The standard InChI is InChI=1S/C22H19F2N3O3S/c1-12-21(29)27(17-5-3-4-6-18(17)30-12)10-9-19(28)25-22-26-20(13(2)31-22)14-7-8-15(23)16(24)11-14/h3-8,11-12H,9-10H2,1-2H3,(H,25,26,28)/t12-/m0/s1. The first kappa shape index (κ1) is 20.9. The van der Waals surface area contributed by atoms with Gasteiger partial charge in [-0.15, -0.1) is 11.3 Å². The Kier molecular flexibility index (Phi) is 5.69. The number of amides is 2. The molecule has 31 heavy (non-hydrogen) atoms. The Morgan fingerprint density at radius 3 is 2.77 bits per heavy atom. The Labute approximate surface area is 181 Å². The topological polar surface area (TPSA) is 71.5 Å². The number of fused-ring (bicyclic) bond motifs is 1. The number of thiazole rings is 1. The number of benzene rings is 2. The van der Waals surface area contributed by atoms with E-state index >= 15 is 0 Å². The van der Waals surface area contributed by atoms with Crippen LogP contribution in [0.1, 0.15) is 18.2 Å². The van der Waals surface area contributed by atoms with Gasteiger partial charge in [-0.2, -0.15) is 0 Å². The number of aromatic nitrogens is 1. The van der Waals surface area contributed by atoms with Gasteiger partial charge in [0.1, 0.15) is 5.75 Å². The van der Waals surface area contributed by atoms with Crippen molar-refractivity contribution in [1.82, 2.24) is 4.98 Å². The van der Waals surface area contributed by atoms with Gasteiger partial charge in [-0.05, 0) is 44.2 Å². The average molecular weight is 443 g/mol. The van der Waals surface area contributed by atoms with Crippen molar-refractivity contribution < 1.29 is 23.1 Å². The molecule has 4 rings (SSSR count). The molecular formula is C22H19F2N3O3S. The van der Waals surface area contributed by atoms with Gasteiger partial charge in [0.2, 0.25) is 5.91 Å². The summed E-state index contributed by atoms with van der Waals surface area (Å²) in [7, 11) is 0. The van der Waals surface area contributed by atoms with Gasteiger partial charge >= 0.3 is 0 Å². The van der Waals surface area contributed by atoms with Crippen LogP contribution in [0.4, 0.5) is 19.6 Å². The molecule has 9 heteroatoms. The lowest BCUT2D eigenvalue weighted by molar-refractivity contribution is -0.125. The summed E-state index contributed by atoms with van der Waals surface area (Å²) < 4.78 is 32.3. The molecule has 3 aromatic rings. The molecule has 2 heterocycles. The van der Waals surface area contributed by atoms with Crippen LogP contribution in [0.5, 0.6) is 5.75 Å². The third-order valence-corrected chi connectivity index (χ3v) is 5.76. The Bertz CT molecular complexity index is 1160. The van der Waals surface area contributed by atoms with Gasteiger partial charge in [0.05, 0.1) is 11.4 Å². The predicted molar refractivity (Wildman–Crippen MR) is 114 cm³/mol. The van der Waals surface area contributed by atoms with Crippen LogP contribution in [0.2, 0.25) is 0 Å². The zero-order chi connectivity index (χ0) is 22.1. The van der Waals surface area contributed by atoms with Crippen LogP contribution < -0.4 is 15.0 Å². The van der Waals surface area contributed by atoms with Crippen molar-refractivity contribution in [3.8, 4) is 17.0 Å². The highest BCUT2D eigenvalue weighted by atomic mass is 32.1. The maximum atomic E-state index is 13.5. The Balaban J connectivity index is 1.44. The van der Waals surface area contributed by atoms with Gasteiger partial charge in [-0.25, -0.2) is 13.8 Å².